The normalized spacial score (nSPS) is 24.4. The van der Waals surface area contributed by atoms with Crippen LogP contribution in [0.2, 0.25) is 0 Å². The first-order valence-corrected chi connectivity index (χ1v) is 6.32. The van der Waals surface area contributed by atoms with Crippen LogP contribution in [0.5, 0.6) is 0 Å². The molecule has 1 amide bonds. The smallest absolute Gasteiger partial charge is 0.417 e. The van der Waals surface area contributed by atoms with E-state index in [9.17, 15) is 4.79 Å². The third kappa shape index (κ3) is 4.18. The summed E-state index contributed by atoms with van der Waals surface area (Å²) in [6.45, 7) is 5.38. The SMILES string of the molecule is CC(C)(C)OC(=O)N(C(=N)N)C1CCC(N)CC1. The summed E-state index contributed by atoms with van der Waals surface area (Å²) in [7, 11) is 0. The molecule has 0 aromatic rings. The zero-order valence-electron chi connectivity index (χ0n) is 11.4. The predicted molar refractivity (Wildman–Crippen MR) is 70.2 cm³/mol. The maximum absolute atomic E-state index is 12.0. The van der Waals surface area contributed by atoms with Crippen molar-refractivity contribution in [3.63, 3.8) is 0 Å². The lowest BCUT2D eigenvalue weighted by atomic mass is 9.91. The molecule has 6 nitrogen and oxygen atoms in total. The molecule has 0 radical (unpaired) electrons. The van der Waals surface area contributed by atoms with Crippen molar-refractivity contribution < 1.29 is 9.53 Å². The number of hydrogen-bond donors (Lipinski definition) is 3. The van der Waals surface area contributed by atoms with Gasteiger partial charge in [-0.2, -0.15) is 0 Å². The molecule has 1 aliphatic rings. The number of hydrogen-bond acceptors (Lipinski definition) is 4. The Morgan fingerprint density at radius 1 is 1.28 bits per heavy atom. The minimum absolute atomic E-state index is 0.0721. The van der Waals surface area contributed by atoms with E-state index in [2.05, 4.69) is 0 Å². The van der Waals surface area contributed by atoms with Crippen molar-refractivity contribution in [2.45, 2.75) is 64.1 Å². The lowest BCUT2D eigenvalue weighted by Crippen LogP contribution is -2.51. The van der Waals surface area contributed by atoms with Crippen molar-refractivity contribution in [3.05, 3.63) is 0 Å². The van der Waals surface area contributed by atoms with Gasteiger partial charge in [-0.3, -0.25) is 5.41 Å². The van der Waals surface area contributed by atoms with Crippen molar-refractivity contribution in [1.82, 2.24) is 4.90 Å². The second-order valence-corrected chi connectivity index (χ2v) is 5.80. The van der Waals surface area contributed by atoms with Crippen LogP contribution in [0, 0.1) is 5.41 Å². The first kappa shape index (κ1) is 14.8. The fourth-order valence-corrected chi connectivity index (χ4v) is 2.12. The lowest BCUT2D eigenvalue weighted by molar-refractivity contribution is 0.0277. The molecule has 0 bridgehead atoms. The van der Waals surface area contributed by atoms with E-state index in [1.54, 1.807) is 20.8 Å². The molecule has 0 aliphatic heterocycles. The standard InChI is InChI=1S/C12H24N4O2/c1-12(2,3)18-11(17)16(10(14)15)9-6-4-8(13)5-7-9/h8-9H,4-7,13H2,1-3H3,(H3,14,15). The fraction of sp³-hybridized carbons (Fsp3) is 0.833. The van der Waals surface area contributed by atoms with Crippen molar-refractivity contribution in [2.24, 2.45) is 11.5 Å². The molecular weight excluding hydrogens is 232 g/mol. The van der Waals surface area contributed by atoms with Crippen molar-refractivity contribution in [1.29, 1.82) is 5.41 Å². The van der Waals surface area contributed by atoms with Gasteiger partial charge in [0, 0.05) is 12.1 Å². The molecule has 1 rings (SSSR count). The number of carbonyl (C=O) groups excluding carboxylic acids is 1. The lowest BCUT2D eigenvalue weighted by Gasteiger charge is -2.35. The van der Waals surface area contributed by atoms with Crippen LogP contribution in [-0.4, -0.2) is 34.6 Å². The van der Waals surface area contributed by atoms with Gasteiger partial charge in [0.05, 0.1) is 0 Å². The van der Waals surface area contributed by atoms with Crippen LogP contribution >= 0.6 is 0 Å². The van der Waals surface area contributed by atoms with Crippen molar-refractivity contribution >= 4 is 12.1 Å². The topological polar surface area (TPSA) is 105 Å². The zero-order valence-corrected chi connectivity index (χ0v) is 11.4. The maximum atomic E-state index is 12.0. The highest BCUT2D eigenvalue weighted by Crippen LogP contribution is 2.23. The molecule has 0 heterocycles. The average Bonchev–Trinajstić information content (AvgIpc) is 2.18. The molecule has 1 fully saturated rings. The van der Waals surface area contributed by atoms with Crippen molar-refractivity contribution in [2.75, 3.05) is 0 Å². The maximum Gasteiger partial charge on any atom is 0.417 e. The Hall–Kier alpha value is -1.30. The van der Waals surface area contributed by atoms with Gasteiger partial charge < -0.3 is 16.2 Å². The Morgan fingerprint density at radius 2 is 1.78 bits per heavy atom. The first-order valence-electron chi connectivity index (χ1n) is 6.32. The van der Waals surface area contributed by atoms with Gasteiger partial charge in [-0.1, -0.05) is 0 Å². The Kier molecular flexibility index (Phi) is 4.56. The molecule has 0 unspecified atom stereocenters. The number of guanidine groups is 1. The molecule has 0 saturated heterocycles. The molecular formula is C12H24N4O2. The van der Waals surface area contributed by atoms with Crippen LogP contribution in [0.1, 0.15) is 46.5 Å². The van der Waals surface area contributed by atoms with Crippen LogP contribution in [0.4, 0.5) is 4.79 Å². The molecule has 0 aromatic heterocycles. The van der Waals surface area contributed by atoms with Crippen LogP contribution in [0.15, 0.2) is 0 Å². The molecule has 0 atom stereocenters. The first-order chi connectivity index (χ1) is 8.20. The minimum atomic E-state index is -0.587. The number of ether oxygens (including phenoxy) is 1. The Labute approximate surface area is 108 Å². The molecule has 5 N–H and O–H groups in total. The number of nitrogens with zero attached hydrogens (tertiary/aromatic N) is 1. The number of nitrogens with two attached hydrogens (primary N) is 2. The van der Waals surface area contributed by atoms with E-state index in [-0.39, 0.29) is 18.0 Å². The molecule has 0 aromatic carbocycles. The van der Waals surface area contributed by atoms with Gasteiger partial charge in [0.15, 0.2) is 5.96 Å². The third-order valence-electron chi connectivity index (χ3n) is 2.96. The molecule has 18 heavy (non-hydrogen) atoms. The van der Waals surface area contributed by atoms with E-state index in [0.29, 0.717) is 0 Å². The number of nitrogens with one attached hydrogen (secondary N) is 1. The largest absolute Gasteiger partial charge is 0.443 e. The zero-order chi connectivity index (χ0) is 13.9. The second-order valence-electron chi connectivity index (χ2n) is 5.80. The van der Waals surface area contributed by atoms with Gasteiger partial charge in [-0.05, 0) is 46.5 Å². The number of amides is 1. The minimum Gasteiger partial charge on any atom is -0.443 e. The quantitative estimate of drug-likeness (QED) is 0.487. The van der Waals surface area contributed by atoms with Gasteiger partial charge in [0.2, 0.25) is 0 Å². The summed E-state index contributed by atoms with van der Waals surface area (Å²) in [6.07, 6.45) is 2.67. The summed E-state index contributed by atoms with van der Waals surface area (Å²) in [4.78, 5) is 13.3. The van der Waals surface area contributed by atoms with Gasteiger partial charge in [0.25, 0.3) is 0 Å². The van der Waals surface area contributed by atoms with E-state index in [0.717, 1.165) is 25.7 Å². The highest BCUT2D eigenvalue weighted by Gasteiger charge is 2.32. The summed E-state index contributed by atoms with van der Waals surface area (Å²) in [5.41, 5.74) is 10.7. The van der Waals surface area contributed by atoms with E-state index >= 15 is 0 Å². The Morgan fingerprint density at radius 3 is 2.17 bits per heavy atom. The molecule has 1 saturated carbocycles. The second kappa shape index (κ2) is 5.56. The average molecular weight is 256 g/mol. The predicted octanol–water partition coefficient (Wildman–Crippen LogP) is 1.39. The van der Waals surface area contributed by atoms with E-state index in [4.69, 9.17) is 21.6 Å². The highest BCUT2D eigenvalue weighted by atomic mass is 16.6. The fourth-order valence-electron chi connectivity index (χ4n) is 2.12. The summed E-state index contributed by atoms with van der Waals surface area (Å²) in [5.74, 6) is -0.260. The third-order valence-corrected chi connectivity index (χ3v) is 2.96. The molecule has 6 heteroatoms. The monoisotopic (exact) mass is 256 g/mol. The van der Waals surface area contributed by atoms with E-state index < -0.39 is 11.7 Å². The molecule has 0 spiro atoms. The van der Waals surface area contributed by atoms with E-state index in [1.807, 2.05) is 0 Å². The Balaban J connectivity index is 2.71. The van der Waals surface area contributed by atoms with Gasteiger partial charge >= 0.3 is 6.09 Å². The Bertz CT molecular complexity index is 317. The summed E-state index contributed by atoms with van der Waals surface area (Å²) >= 11 is 0. The van der Waals surface area contributed by atoms with Crippen LogP contribution in [0.3, 0.4) is 0 Å². The van der Waals surface area contributed by atoms with Crippen LogP contribution < -0.4 is 11.5 Å². The summed E-state index contributed by atoms with van der Waals surface area (Å²) in [6, 6.07) is 0.117. The van der Waals surface area contributed by atoms with Crippen molar-refractivity contribution in [3.8, 4) is 0 Å². The highest BCUT2D eigenvalue weighted by molar-refractivity contribution is 5.91. The van der Waals surface area contributed by atoms with Crippen LogP contribution in [-0.2, 0) is 4.74 Å². The van der Waals surface area contributed by atoms with Gasteiger partial charge in [0.1, 0.15) is 5.60 Å². The number of carbonyl (C=O) groups is 1. The summed E-state index contributed by atoms with van der Waals surface area (Å²) in [5, 5.41) is 7.55. The van der Waals surface area contributed by atoms with Gasteiger partial charge in [-0.25, -0.2) is 9.69 Å². The summed E-state index contributed by atoms with van der Waals surface area (Å²) < 4.78 is 5.28. The van der Waals surface area contributed by atoms with Crippen LogP contribution in [0.25, 0.3) is 0 Å². The van der Waals surface area contributed by atoms with E-state index in [1.165, 1.54) is 4.90 Å². The molecule has 1 aliphatic carbocycles. The molecule has 104 valence electrons. The number of rotatable bonds is 1. The van der Waals surface area contributed by atoms with Gasteiger partial charge in [-0.15, -0.1) is 0 Å².